The molecular formula is C13H17ClFN3O2. The van der Waals surface area contributed by atoms with Crippen molar-refractivity contribution in [2.45, 2.75) is 31.8 Å². The Morgan fingerprint density at radius 3 is 2.80 bits per heavy atom. The summed E-state index contributed by atoms with van der Waals surface area (Å²) in [6, 6.07) is 2.92. The number of hydrogen-bond acceptors (Lipinski definition) is 4. The molecule has 1 atom stereocenters. The Bertz CT molecular complexity index is 523. The van der Waals surface area contributed by atoms with E-state index in [4.69, 9.17) is 11.6 Å². The van der Waals surface area contributed by atoms with Crippen molar-refractivity contribution in [2.24, 2.45) is 0 Å². The third kappa shape index (κ3) is 3.37. The van der Waals surface area contributed by atoms with Crippen molar-refractivity contribution >= 4 is 23.0 Å². The highest BCUT2D eigenvalue weighted by Gasteiger charge is 2.29. The Morgan fingerprint density at radius 1 is 1.60 bits per heavy atom. The van der Waals surface area contributed by atoms with Gasteiger partial charge in [0.2, 0.25) is 0 Å². The number of halogens is 2. The van der Waals surface area contributed by atoms with E-state index < -0.39 is 10.7 Å². The summed E-state index contributed by atoms with van der Waals surface area (Å²) in [4.78, 5) is 12.6. The van der Waals surface area contributed by atoms with Crippen LogP contribution in [0.1, 0.15) is 19.8 Å². The van der Waals surface area contributed by atoms with Crippen LogP contribution in [0.5, 0.6) is 0 Å². The van der Waals surface area contributed by atoms with Crippen LogP contribution in [-0.2, 0) is 0 Å². The van der Waals surface area contributed by atoms with Crippen LogP contribution in [0.4, 0.5) is 15.8 Å². The normalized spacial score (nSPS) is 16.2. The maximum Gasteiger partial charge on any atom is 0.294 e. The molecule has 0 heterocycles. The number of nitrogens with one attached hydrogen (secondary N) is 1. The van der Waals surface area contributed by atoms with Crippen molar-refractivity contribution in [2.75, 3.05) is 18.9 Å². The van der Waals surface area contributed by atoms with Gasteiger partial charge in [0, 0.05) is 30.8 Å². The molecule has 1 N–H and O–H groups in total. The van der Waals surface area contributed by atoms with Crippen LogP contribution in [0.2, 0.25) is 5.02 Å². The molecule has 0 aromatic heterocycles. The fourth-order valence-corrected chi connectivity index (χ4v) is 2.23. The molecule has 0 amide bonds. The van der Waals surface area contributed by atoms with Crippen molar-refractivity contribution < 1.29 is 9.31 Å². The lowest BCUT2D eigenvalue weighted by molar-refractivity contribution is -0.384. The molecule has 0 spiro atoms. The first-order chi connectivity index (χ1) is 9.40. The number of rotatable bonds is 6. The highest BCUT2D eigenvalue weighted by atomic mass is 35.5. The third-order valence-electron chi connectivity index (χ3n) is 3.64. The minimum absolute atomic E-state index is 0.160. The molecule has 1 aliphatic rings. The van der Waals surface area contributed by atoms with Crippen molar-refractivity contribution in [1.82, 2.24) is 4.90 Å². The van der Waals surface area contributed by atoms with Crippen molar-refractivity contribution in [3.05, 3.63) is 33.1 Å². The Labute approximate surface area is 121 Å². The second kappa shape index (κ2) is 5.93. The summed E-state index contributed by atoms with van der Waals surface area (Å²) in [6.07, 6.45) is 2.38. The first-order valence-electron chi connectivity index (χ1n) is 6.49. The van der Waals surface area contributed by atoms with Gasteiger partial charge in [0.15, 0.2) is 0 Å². The first-order valence-corrected chi connectivity index (χ1v) is 6.87. The Hall–Kier alpha value is -1.40. The highest BCUT2D eigenvalue weighted by molar-refractivity contribution is 6.31. The van der Waals surface area contributed by atoms with Crippen LogP contribution in [0.15, 0.2) is 12.1 Å². The molecule has 1 saturated carbocycles. The summed E-state index contributed by atoms with van der Waals surface area (Å²) in [7, 11) is 2.03. The summed E-state index contributed by atoms with van der Waals surface area (Å²) < 4.78 is 13.4. The fraction of sp³-hybridized carbons (Fsp3) is 0.538. The maximum absolute atomic E-state index is 13.4. The van der Waals surface area contributed by atoms with E-state index in [0.29, 0.717) is 12.6 Å². The van der Waals surface area contributed by atoms with Crippen LogP contribution in [0.25, 0.3) is 0 Å². The molecule has 0 saturated heterocycles. The van der Waals surface area contributed by atoms with E-state index in [2.05, 4.69) is 10.2 Å². The third-order valence-corrected chi connectivity index (χ3v) is 3.93. The van der Waals surface area contributed by atoms with Gasteiger partial charge in [-0.2, -0.15) is 0 Å². The van der Waals surface area contributed by atoms with Gasteiger partial charge in [-0.3, -0.25) is 15.0 Å². The smallest absolute Gasteiger partial charge is 0.294 e. The Kier molecular flexibility index (Phi) is 4.45. The molecule has 1 aromatic rings. The van der Waals surface area contributed by atoms with Crippen LogP contribution >= 0.6 is 11.6 Å². The summed E-state index contributed by atoms with van der Waals surface area (Å²) in [6.45, 7) is 2.54. The van der Waals surface area contributed by atoms with Gasteiger partial charge < -0.3 is 5.32 Å². The van der Waals surface area contributed by atoms with E-state index in [1.54, 1.807) is 0 Å². The van der Waals surface area contributed by atoms with E-state index in [0.717, 1.165) is 12.1 Å². The van der Waals surface area contributed by atoms with E-state index in [-0.39, 0.29) is 22.4 Å². The molecule has 1 aliphatic carbocycles. The van der Waals surface area contributed by atoms with Gasteiger partial charge in [-0.25, -0.2) is 4.39 Å². The lowest BCUT2D eigenvalue weighted by atomic mass is 10.2. The fourth-order valence-electron chi connectivity index (χ4n) is 2.07. The average Bonchev–Trinajstić information content (AvgIpc) is 3.22. The lowest BCUT2D eigenvalue weighted by Gasteiger charge is -2.25. The zero-order valence-corrected chi connectivity index (χ0v) is 12.2. The van der Waals surface area contributed by atoms with Gasteiger partial charge >= 0.3 is 0 Å². The largest absolute Gasteiger partial charge is 0.378 e. The summed E-state index contributed by atoms with van der Waals surface area (Å²) in [5.74, 6) is -0.664. The molecule has 0 radical (unpaired) electrons. The minimum Gasteiger partial charge on any atom is -0.378 e. The van der Waals surface area contributed by atoms with Gasteiger partial charge in [-0.15, -0.1) is 0 Å². The molecule has 20 heavy (non-hydrogen) atoms. The number of nitro benzene ring substituents is 1. The average molecular weight is 302 g/mol. The van der Waals surface area contributed by atoms with Gasteiger partial charge in [-0.05, 0) is 26.8 Å². The molecule has 2 rings (SSSR count). The van der Waals surface area contributed by atoms with Crippen LogP contribution < -0.4 is 5.32 Å². The molecule has 1 fully saturated rings. The Balaban J connectivity index is 2.07. The van der Waals surface area contributed by atoms with Gasteiger partial charge in [0.25, 0.3) is 5.69 Å². The molecule has 0 aliphatic heterocycles. The van der Waals surface area contributed by atoms with Crippen LogP contribution in [0.3, 0.4) is 0 Å². The number of nitro groups is 1. The van der Waals surface area contributed by atoms with Gasteiger partial charge in [0.05, 0.1) is 9.95 Å². The molecular weight excluding hydrogens is 285 g/mol. The van der Waals surface area contributed by atoms with Crippen LogP contribution in [0, 0.1) is 15.9 Å². The number of hydrogen-bond donors (Lipinski definition) is 1. The zero-order valence-electron chi connectivity index (χ0n) is 11.4. The molecule has 110 valence electrons. The second-order valence-corrected chi connectivity index (χ2v) is 5.57. The first kappa shape index (κ1) is 15.0. The van der Waals surface area contributed by atoms with Gasteiger partial charge in [-0.1, -0.05) is 11.6 Å². The number of benzene rings is 1. The molecule has 7 heteroatoms. The quantitative estimate of drug-likeness (QED) is 0.647. The number of nitrogens with zero attached hydrogens (tertiary/aromatic N) is 2. The monoisotopic (exact) mass is 301 g/mol. The minimum atomic E-state index is -0.664. The van der Waals surface area contributed by atoms with Gasteiger partial charge in [0.1, 0.15) is 11.5 Å². The van der Waals surface area contributed by atoms with E-state index in [9.17, 15) is 14.5 Å². The van der Waals surface area contributed by atoms with Crippen LogP contribution in [-0.4, -0.2) is 35.5 Å². The summed E-state index contributed by atoms with van der Waals surface area (Å²) in [5, 5.41) is 13.7. The second-order valence-electron chi connectivity index (χ2n) is 5.17. The lowest BCUT2D eigenvalue weighted by Crippen LogP contribution is -2.36. The number of anilines is 1. The molecule has 1 unspecified atom stereocenters. The SMILES string of the molecule is CC(CNc1cc(F)c(Cl)cc1[N+](=O)[O-])N(C)C1CC1. The van der Waals surface area contributed by atoms with Crippen molar-refractivity contribution in [3.8, 4) is 0 Å². The Morgan fingerprint density at radius 2 is 2.25 bits per heavy atom. The van der Waals surface area contributed by atoms with Crippen molar-refractivity contribution in [3.63, 3.8) is 0 Å². The van der Waals surface area contributed by atoms with E-state index in [1.165, 1.54) is 12.8 Å². The summed E-state index contributed by atoms with van der Waals surface area (Å²) in [5.41, 5.74) is -0.0504. The molecule has 1 aromatic carbocycles. The predicted octanol–water partition coefficient (Wildman–Crippen LogP) is 3.28. The molecule has 5 nitrogen and oxygen atoms in total. The van der Waals surface area contributed by atoms with E-state index >= 15 is 0 Å². The van der Waals surface area contributed by atoms with E-state index in [1.807, 2.05) is 14.0 Å². The van der Waals surface area contributed by atoms with Crippen molar-refractivity contribution in [1.29, 1.82) is 0 Å². The summed E-state index contributed by atoms with van der Waals surface area (Å²) >= 11 is 5.58. The number of likely N-dealkylation sites (N-methyl/N-ethyl adjacent to an activating group) is 1. The predicted molar refractivity (Wildman–Crippen MR) is 76.8 cm³/mol. The zero-order chi connectivity index (χ0) is 14.9. The standard InChI is InChI=1S/C13H17ClFN3O2/c1-8(17(2)9-3-4-9)7-16-12-6-11(15)10(14)5-13(12)18(19)20/h5-6,8-9,16H,3-4,7H2,1-2H3. The highest BCUT2D eigenvalue weighted by Crippen LogP contribution is 2.31. The molecule has 0 bridgehead atoms. The maximum atomic E-state index is 13.4. The topological polar surface area (TPSA) is 58.4 Å².